The van der Waals surface area contributed by atoms with Crippen LogP contribution in [-0.4, -0.2) is 89.2 Å². The van der Waals surface area contributed by atoms with Gasteiger partial charge in [0.05, 0.1) is 6.61 Å². The molecule has 6 atom stereocenters. The zero-order valence-corrected chi connectivity index (χ0v) is 45.0. The molecule has 0 spiro atoms. The van der Waals surface area contributed by atoms with E-state index in [1.807, 2.05) is 0 Å². The number of aliphatic hydroxyl groups is 2. The number of carboxylic acid groups (broad SMARTS) is 1. The number of aliphatic carboxylic acids is 1. The highest BCUT2D eigenvalue weighted by molar-refractivity contribution is 5.74. The van der Waals surface area contributed by atoms with Crippen molar-refractivity contribution in [3.63, 3.8) is 0 Å². The summed E-state index contributed by atoms with van der Waals surface area (Å²) in [5.74, 6) is -3.14. The first-order valence-corrected chi connectivity index (χ1v) is 28.6. The maximum Gasteiger partial charge on any atom is 0.335 e. The lowest BCUT2D eigenvalue weighted by molar-refractivity contribution is -0.301. The van der Waals surface area contributed by atoms with Gasteiger partial charge in [0.25, 0.3) is 0 Å². The molecule has 0 amide bonds. The molecule has 3 N–H and O–H groups in total. The molecule has 71 heavy (non-hydrogen) atoms. The molecule has 410 valence electrons. The Hall–Kier alpha value is -3.32. The number of esters is 3. The van der Waals surface area contributed by atoms with Crippen molar-refractivity contribution in [2.24, 2.45) is 0 Å². The molecule has 1 saturated heterocycles. The van der Waals surface area contributed by atoms with Gasteiger partial charge >= 0.3 is 23.9 Å². The SMILES string of the molecule is CCCC/C=C\CCCCCCCC(=O)OC(COC(=O)CCCCCCCCC/C=C\C/C=C\CCCCC)COC1OC(C(=O)O)C(O)C(O)C1OC(=O)CCCCCCC/C=C\CCCCCC. The lowest BCUT2D eigenvalue weighted by Gasteiger charge is -2.40. The Morgan fingerprint density at radius 1 is 0.465 bits per heavy atom. The van der Waals surface area contributed by atoms with Crippen molar-refractivity contribution in [1.29, 1.82) is 0 Å². The molecular formula is C59H102O12. The van der Waals surface area contributed by atoms with Crippen LogP contribution >= 0.6 is 0 Å². The molecule has 12 heteroatoms. The topological polar surface area (TPSA) is 175 Å². The largest absolute Gasteiger partial charge is 0.479 e. The van der Waals surface area contributed by atoms with Crippen LogP contribution in [0.2, 0.25) is 0 Å². The van der Waals surface area contributed by atoms with Crippen LogP contribution in [-0.2, 0) is 42.9 Å². The van der Waals surface area contributed by atoms with E-state index in [-0.39, 0.29) is 25.9 Å². The number of hydrogen-bond donors (Lipinski definition) is 3. The Morgan fingerprint density at radius 3 is 1.35 bits per heavy atom. The van der Waals surface area contributed by atoms with Gasteiger partial charge in [-0.25, -0.2) is 4.79 Å². The van der Waals surface area contributed by atoms with Crippen LogP contribution in [0.3, 0.4) is 0 Å². The Bertz CT molecular complexity index is 1420. The monoisotopic (exact) mass is 1000 g/mol. The molecule has 0 radical (unpaired) electrons. The molecule has 0 saturated carbocycles. The van der Waals surface area contributed by atoms with E-state index < -0.39 is 67.3 Å². The number of carbonyl (C=O) groups excluding carboxylic acids is 3. The normalized spacial score (nSPS) is 18.8. The fourth-order valence-electron chi connectivity index (χ4n) is 8.37. The summed E-state index contributed by atoms with van der Waals surface area (Å²) < 4.78 is 28.3. The number of ether oxygens (including phenoxy) is 5. The van der Waals surface area contributed by atoms with Crippen molar-refractivity contribution in [2.75, 3.05) is 13.2 Å². The lowest BCUT2D eigenvalue weighted by atomic mass is 9.98. The summed E-state index contributed by atoms with van der Waals surface area (Å²) in [4.78, 5) is 51.0. The van der Waals surface area contributed by atoms with E-state index in [9.17, 15) is 34.5 Å². The molecule has 0 bridgehead atoms. The predicted molar refractivity (Wildman–Crippen MR) is 285 cm³/mol. The lowest BCUT2D eigenvalue weighted by Crippen LogP contribution is -2.61. The Balaban J connectivity index is 2.69. The van der Waals surface area contributed by atoms with E-state index in [0.717, 1.165) is 116 Å². The summed E-state index contributed by atoms with van der Waals surface area (Å²) in [6.45, 7) is 5.89. The minimum Gasteiger partial charge on any atom is -0.479 e. The number of carbonyl (C=O) groups is 4. The zero-order valence-electron chi connectivity index (χ0n) is 45.0. The minimum atomic E-state index is -1.91. The van der Waals surface area contributed by atoms with E-state index in [1.165, 1.54) is 77.0 Å². The number of rotatable bonds is 48. The standard InChI is InChI=1S/C59H102O12/c1-4-7-10-13-16-19-22-24-25-26-27-29-31-33-36-39-42-45-51(60)67-48-50(69-52(61)46-43-40-37-34-30-21-18-15-12-9-6-3)49-68-59-57(55(64)54(63)56(71-59)58(65)66)70-53(62)47-44-41-38-35-32-28-23-20-17-14-11-8-5-2/h15-16,18-20,23-25,50,54-57,59,63-64H,4-14,17,21-22,26-49H2,1-3H3,(H,65,66)/b18-15-,19-16-,23-20-,25-24-. The quantitative estimate of drug-likeness (QED) is 0.0228. The third-order valence-electron chi connectivity index (χ3n) is 12.8. The maximum atomic E-state index is 13.1. The Morgan fingerprint density at radius 2 is 0.859 bits per heavy atom. The summed E-state index contributed by atoms with van der Waals surface area (Å²) in [6.07, 6.45) is 43.7. The molecule has 1 rings (SSSR count). The highest BCUT2D eigenvalue weighted by atomic mass is 16.7. The van der Waals surface area contributed by atoms with Gasteiger partial charge in [0.1, 0.15) is 18.8 Å². The second kappa shape index (κ2) is 47.7. The summed E-state index contributed by atoms with van der Waals surface area (Å²) >= 11 is 0. The third kappa shape index (κ3) is 38.0. The van der Waals surface area contributed by atoms with E-state index in [4.69, 9.17) is 23.7 Å². The van der Waals surface area contributed by atoms with Crippen molar-refractivity contribution in [2.45, 2.75) is 289 Å². The van der Waals surface area contributed by atoms with Crippen LogP contribution in [0.5, 0.6) is 0 Å². The Kier molecular flexibility index (Phi) is 44.1. The van der Waals surface area contributed by atoms with Crippen LogP contribution in [0.15, 0.2) is 48.6 Å². The molecule has 0 aliphatic carbocycles. The Labute approximate surface area is 431 Å². The van der Waals surface area contributed by atoms with Gasteiger partial charge in [0, 0.05) is 19.3 Å². The van der Waals surface area contributed by atoms with Crippen molar-refractivity contribution in [3.05, 3.63) is 48.6 Å². The van der Waals surface area contributed by atoms with Crippen LogP contribution in [0.25, 0.3) is 0 Å². The van der Waals surface area contributed by atoms with Crippen molar-refractivity contribution in [3.8, 4) is 0 Å². The highest BCUT2D eigenvalue weighted by Crippen LogP contribution is 2.26. The molecule has 1 heterocycles. The van der Waals surface area contributed by atoms with E-state index in [2.05, 4.69) is 69.4 Å². The maximum absolute atomic E-state index is 13.1. The molecule has 6 unspecified atom stereocenters. The first-order chi connectivity index (χ1) is 34.6. The zero-order chi connectivity index (χ0) is 51.8. The average molecular weight is 1000 g/mol. The van der Waals surface area contributed by atoms with Crippen LogP contribution in [0.4, 0.5) is 0 Å². The van der Waals surface area contributed by atoms with Crippen LogP contribution in [0, 0.1) is 0 Å². The number of unbranched alkanes of at least 4 members (excludes halogenated alkanes) is 26. The van der Waals surface area contributed by atoms with Gasteiger partial charge in [-0.05, 0) is 96.3 Å². The van der Waals surface area contributed by atoms with Crippen LogP contribution in [0.1, 0.15) is 252 Å². The summed E-state index contributed by atoms with van der Waals surface area (Å²) in [7, 11) is 0. The fourth-order valence-corrected chi connectivity index (χ4v) is 8.37. The molecular weight excluding hydrogens is 901 g/mol. The first kappa shape index (κ1) is 65.7. The molecule has 0 aromatic rings. The van der Waals surface area contributed by atoms with Crippen molar-refractivity contribution >= 4 is 23.9 Å². The second-order valence-electron chi connectivity index (χ2n) is 19.6. The van der Waals surface area contributed by atoms with Crippen molar-refractivity contribution in [1.82, 2.24) is 0 Å². The predicted octanol–water partition coefficient (Wildman–Crippen LogP) is 14.2. The van der Waals surface area contributed by atoms with E-state index >= 15 is 0 Å². The summed E-state index contributed by atoms with van der Waals surface area (Å²) in [5, 5.41) is 31.4. The number of aliphatic hydroxyl groups excluding tert-OH is 2. The number of hydrogen-bond acceptors (Lipinski definition) is 11. The van der Waals surface area contributed by atoms with E-state index in [1.54, 1.807) is 0 Å². The van der Waals surface area contributed by atoms with Gasteiger partial charge in [0.15, 0.2) is 24.6 Å². The molecule has 0 aromatic heterocycles. The fraction of sp³-hybridized carbons (Fsp3) is 0.797. The van der Waals surface area contributed by atoms with Gasteiger partial charge in [0.2, 0.25) is 0 Å². The molecule has 1 aliphatic heterocycles. The molecule has 1 aliphatic rings. The summed E-state index contributed by atoms with van der Waals surface area (Å²) in [5.41, 5.74) is 0. The average Bonchev–Trinajstić information content (AvgIpc) is 3.35. The van der Waals surface area contributed by atoms with Gasteiger partial charge in [-0.3, -0.25) is 14.4 Å². The summed E-state index contributed by atoms with van der Waals surface area (Å²) in [6, 6.07) is 0. The van der Waals surface area contributed by atoms with E-state index in [0.29, 0.717) is 19.3 Å². The van der Waals surface area contributed by atoms with Gasteiger partial charge in [-0.1, -0.05) is 185 Å². The van der Waals surface area contributed by atoms with Gasteiger partial charge in [-0.2, -0.15) is 0 Å². The number of carboxylic acids is 1. The highest BCUT2D eigenvalue weighted by Gasteiger charge is 2.50. The molecule has 12 nitrogen and oxygen atoms in total. The third-order valence-corrected chi connectivity index (χ3v) is 12.8. The second-order valence-corrected chi connectivity index (χ2v) is 19.6. The number of allylic oxidation sites excluding steroid dienone is 8. The minimum absolute atomic E-state index is 0.0495. The van der Waals surface area contributed by atoms with Crippen LogP contribution < -0.4 is 0 Å². The van der Waals surface area contributed by atoms with Gasteiger partial charge in [-0.15, -0.1) is 0 Å². The van der Waals surface area contributed by atoms with Crippen molar-refractivity contribution < 1.29 is 58.2 Å². The van der Waals surface area contributed by atoms with Gasteiger partial charge < -0.3 is 39.0 Å². The molecule has 1 fully saturated rings. The smallest absolute Gasteiger partial charge is 0.335 e. The first-order valence-electron chi connectivity index (χ1n) is 28.6. The molecule has 0 aromatic carbocycles.